The van der Waals surface area contributed by atoms with E-state index in [1.165, 1.54) is 7.11 Å². The number of hydrogen-bond acceptors (Lipinski definition) is 10. The summed E-state index contributed by atoms with van der Waals surface area (Å²) in [5.41, 5.74) is 2.63. The first kappa shape index (κ1) is 33.7. The summed E-state index contributed by atoms with van der Waals surface area (Å²) < 4.78 is 80.0. The molecule has 0 aliphatic carbocycles. The third kappa shape index (κ3) is 8.39. The Morgan fingerprint density at radius 2 is 1.63 bits per heavy atom. The van der Waals surface area contributed by atoms with Gasteiger partial charge in [-0.3, -0.25) is 0 Å². The van der Waals surface area contributed by atoms with Crippen molar-refractivity contribution in [3.05, 3.63) is 64.2 Å². The minimum Gasteiger partial charge on any atom is -0.748 e. The predicted octanol–water partition coefficient (Wildman–Crippen LogP) is 0.721. The molecular formula is C25H26Cl2N3NaO8S2. The average Bonchev–Trinajstić information content (AvgIpc) is 3.32. The van der Waals surface area contributed by atoms with Crippen molar-refractivity contribution < 1.29 is 69.2 Å². The number of benzene rings is 2. The van der Waals surface area contributed by atoms with Crippen LogP contribution in [0.5, 0.6) is 5.75 Å². The normalized spacial score (nSPS) is 14.7. The molecule has 1 aromatic heterocycles. The summed E-state index contributed by atoms with van der Waals surface area (Å²) in [5.74, 6) is 0.599. The number of rotatable bonds is 11. The van der Waals surface area contributed by atoms with E-state index in [0.29, 0.717) is 44.3 Å². The van der Waals surface area contributed by atoms with Crippen molar-refractivity contribution in [2.45, 2.75) is 19.4 Å². The van der Waals surface area contributed by atoms with Gasteiger partial charge in [0.25, 0.3) is 5.52 Å². The van der Waals surface area contributed by atoms with Crippen molar-refractivity contribution in [1.29, 1.82) is 0 Å². The smallest absolute Gasteiger partial charge is 0.748 e. The van der Waals surface area contributed by atoms with Crippen LogP contribution in [-0.2, 0) is 26.8 Å². The zero-order valence-corrected chi connectivity index (χ0v) is 27.7. The molecule has 11 nitrogen and oxygen atoms in total. The quantitative estimate of drug-likeness (QED) is 0.165. The van der Waals surface area contributed by atoms with E-state index in [1.54, 1.807) is 53.1 Å². The first-order valence-electron chi connectivity index (χ1n) is 12.0. The first-order chi connectivity index (χ1) is 18.8. The van der Waals surface area contributed by atoms with E-state index < -0.39 is 31.7 Å². The Morgan fingerprint density at radius 1 is 1.00 bits per heavy atom. The van der Waals surface area contributed by atoms with Gasteiger partial charge in [0.2, 0.25) is 5.58 Å². The average molecular weight is 655 g/mol. The molecular weight excluding hydrogens is 628 g/mol. The van der Waals surface area contributed by atoms with E-state index in [2.05, 4.69) is 0 Å². The number of halogens is 2. The number of nitrogens with zero attached hydrogens (tertiary/aromatic N) is 3. The van der Waals surface area contributed by atoms with Gasteiger partial charge in [-0.1, -0.05) is 23.2 Å². The number of anilines is 2. The second-order valence-corrected chi connectivity index (χ2v) is 12.9. The van der Waals surface area contributed by atoms with Gasteiger partial charge in [-0.05, 0) is 42.8 Å². The molecule has 2 aromatic carbocycles. The van der Waals surface area contributed by atoms with Crippen LogP contribution in [0.2, 0.25) is 10.0 Å². The van der Waals surface area contributed by atoms with Crippen LogP contribution < -0.4 is 48.7 Å². The van der Waals surface area contributed by atoms with Crippen LogP contribution in [0.1, 0.15) is 18.7 Å². The summed E-state index contributed by atoms with van der Waals surface area (Å²) in [4.78, 5) is 3.69. The van der Waals surface area contributed by atoms with Gasteiger partial charge in [0.1, 0.15) is 11.6 Å². The predicted molar refractivity (Wildman–Crippen MR) is 151 cm³/mol. The van der Waals surface area contributed by atoms with Crippen molar-refractivity contribution in [3.8, 4) is 5.75 Å². The summed E-state index contributed by atoms with van der Waals surface area (Å²) in [5, 5.41) is 0.677. The molecule has 1 aliphatic rings. The number of oxazole rings is 1. The molecule has 0 spiro atoms. The third-order valence-corrected chi connectivity index (χ3v) is 8.56. The van der Waals surface area contributed by atoms with Gasteiger partial charge >= 0.3 is 35.4 Å². The van der Waals surface area contributed by atoms with E-state index in [9.17, 15) is 25.9 Å². The molecule has 0 N–H and O–H groups in total. The van der Waals surface area contributed by atoms with Crippen molar-refractivity contribution in [3.63, 3.8) is 0 Å². The standard InChI is InChI=1S/C25H27Cl2N3O8S2.Na/c1-28-20-15-18(26)19(27)16-21(20)29(10-4-12-39(31,32)33)24(28)6-3-7-25-30(11-5-13-40(34,35)36)22-14-17(37-2)8-9-23(22)38-25;/h3,6-9,14-16H,4-5,10-13H2,1-2H3,(H-,31,32,33,34,35,36);/q;+1/p-1. The molecule has 4 rings (SSSR count). The summed E-state index contributed by atoms with van der Waals surface area (Å²) >= 11 is 12.5. The van der Waals surface area contributed by atoms with E-state index >= 15 is 0 Å². The van der Waals surface area contributed by atoms with Crippen LogP contribution in [-0.4, -0.2) is 58.1 Å². The van der Waals surface area contributed by atoms with Gasteiger partial charge in [-0.2, -0.15) is 4.57 Å². The number of hydrogen-bond donors (Lipinski definition) is 0. The molecule has 1 aliphatic heterocycles. The second-order valence-electron chi connectivity index (χ2n) is 9.01. The molecule has 0 amide bonds. The van der Waals surface area contributed by atoms with Gasteiger partial charge in [0, 0.05) is 31.5 Å². The molecule has 0 saturated carbocycles. The topological polar surface area (TPSA) is 147 Å². The van der Waals surface area contributed by atoms with E-state index in [0.717, 1.165) is 5.69 Å². The van der Waals surface area contributed by atoms with Crippen LogP contribution in [0.4, 0.5) is 11.4 Å². The second kappa shape index (κ2) is 13.7. The first-order valence-corrected chi connectivity index (χ1v) is 15.9. The number of fused-ring (bicyclic) bond motifs is 2. The van der Waals surface area contributed by atoms with E-state index in [4.69, 9.17) is 32.4 Å². The number of aromatic nitrogens is 1. The number of aryl methyl sites for hydroxylation is 1. The van der Waals surface area contributed by atoms with Gasteiger partial charge in [-0.25, -0.2) is 16.8 Å². The van der Waals surface area contributed by atoms with Crippen molar-refractivity contribution in [1.82, 2.24) is 0 Å². The van der Waals surface area contributed by atoms with Gasteiger partial charge in [0.05, 0.1) is 60.9 Å². The Bertz CT molecular complexity index is 1710. The summed E-state index contributed by atoms with van der Waals surface area (Å²) in [6.07, 6.45) is 5.35. The molecule has 2 heterocycles. The van der Waals surface area contributed by atoms with Gasteiger partial charge < -0.3 is 28.1 Å². The van der Waals surface area contributed by atoms with Crippen molar-refractivity contribution in [2.24, 2.45) is 0 Å². The van der Waals surface area contributed by atoms with Crippen LogP contribution >= 0.6 is 23.2 Å². The fraction of sp³-hybridized carbons (Fsp3) is 0.320. The maximum atomic E-state index is 11.2. The molecule has 0 fully saturated rings. The fourth-order valence-corrected chi connectivity index (χ4v) is 5.73. The molecule has 0 saturated heterocycles. The molecule has 3 aromatic rings. The maximum absolute atomic E-state index is 11.2. The fourth-order valence-electron chi connectivity index (χ4n) is 4.45. The molecule has 0 unspecified atom stereocenters. The Kier molecular flexibility index (Phi) is 11.2. The van der Waals surface area contributed by atoms with Crippen LogP contribution in [0.15, 0.2) is 52.7 Å². The number of allylic oxidation sites excluding steroid dienone is 2. The monoisotopic (exact) mass is 653 g/mol. The van der Waals surface area contributed by atoms with Crippen molar-refractivity contribution >= 4 is 72.0 Å². The van der Waals surface area contributed by atoms with E-state index in [-0.39, 0.29) is 55.5 Å². The summed E-state index contributed by atoms with van der Waals surface area (Å²) in [6.45, 7) is 0.431. The maximum Gasteiger partial charge on any atom is 1.00 e. The zero-order valence-electron chi connectivity index (χ0n) is 22.5. The Balaban J connectivity index is 0.00000462. The number of ether oxygens (including phenoxy) is 1. The minimum absolute atomic E-state index is 0. The van der Waals surface area contributed by atoms with Crippen LogP contribution in [0.25, 0.3) is 17.2 Å². The van der Waals surface area contributed by atoms with Crippen LogP contribution in [0, 0.1) is 0 Å². The summed E-state index contributed by atoms with van der Waals surface area (Å²) in [7, 11) is -5.43. The molecule has 0 bridgehead atoms. The molecule has 216 valence electrons. The third-order valence-electron chi connectivity index (χ3n) is 6.26. The minimum atomic E-state index is -4.38. The van der Waals surface area contributed by atoms with Crippen molar-refractivity contribution in [2.75, 3.05) is 42.0 Å². The largest absolute Gasteiger partial charge is 1.00 e. The summed E-state index contributed by atoms with van der Waals surface area (Å²) in [6, 6.07) is 8.59. The van der Waals surface area contributed by atoms with Gasteiger partial charge in [-0.15, -0.1) is 0 Å². The molecule has 41 heavy (non-hydrogen) atoms. The SMILES string of the molecule is COc1ccc2oc(C=CC=C3N(C)c4cc(Cl)c(Cl)cc4N3CCCS(=O)(=O)[O-])[n+](CCCS(=O)(=O)[O-])c2c1.[Na+]. The van der Waals surface area contributed by atoms with Gasteiger partial charge in [0.15, 0.2) is 6.54 Å². The Hall–Kier alpha value is -1.81. The Morgan fingerprint density at radius 3 is 2.27 bits per heavy atom. The number of methoxy groups -OCH3 is 1. The molecule has 0 atom stereocenters. The Labute approximate surface area is 270 Å². The molecule has 0 radical (unpaired) electrons. The molecule has 16 heteroatoms. The van der Waals surface area contributed by atoms with E-state index in [1.807, 2.05) is 16.8 Å². The van der Waals surface area contributed by atoms with Crippen LogP contribution in [0.3, 0.4) is 0 Å². The zero-order chi connectivity index (χ0) is 29.2.